The maximum absolute atomic E-state index is 4.29. The first-order chi connectivity index (χ1) is 5.23. The monoisotopic (exact) mass is 170 g/mol. The SMILES string of the molecule is CCC(C)(NC)c1nccs1. The molecule has 0 aliphatic heterocycles. The average molecular weight is 170 g/mol. The van der Waals surface area contributed by atoms with E-state index in [1.165, 1.54) is 5.01 Å². The maximum atomic E-state index is 4.29. The molecule has 0 aromatic carbocycles. The Morgan fingerprint density at radius 3 is 2.82 bits per heavy atom. The van der Waals surface area contributed by atoms with Crippen LogP contribution in [0.3, 0.4) is 0 Å². The number of nitrogens with one attached hydrogen (secondary N) is 1. The molecule has 62 valence electrons. The summed E-state index contributed by atoms with van der Waals surface area (Å²) in [5.74, 6) is 0. The van der Waals surface area contributed by atoms with Gasteiger partial charge in [-0.2, -0.15) is 0 Å². The first-order valence-electron chi connectivity index (χ1n) is 3.82. The van der Waals surface area contributed by atoms with Gasteiger partial charge in [-0.05, 0) is 20.4 Å². The first kappa shape index (κ1) is 8.68. The molecule has 1 aromatic rings. The fourth-order valence-corrected chi connectivity index (χ4v) is 1.81. The van der Waals surface area contributed by atoms with Gasteiger partial charge in [0, 0.05) is 11.6 Å². The lowest BCUT2D eigenvalue weighted by molar-refractivity contribution is 0.384. The molecular formula is C8H14N2S. The van der Waals surface area contributed by atoms with Crippen molar-refractivity contribution >= 4 is 11.3 Å². The number of thiazole rings is 1. The van der Waals surface area contributed by atoms with E-state index in [0.717, 1.165) is 6.42 Å². The normalized spacial score (nSPS) is 16.3. The van der Waals surface area contributed by atoms with Crippen LogP contribution in [0, 0.1) is 0 Å². The highest BCUT2D eigenvalue weighted by atomic mass is 32.1. The van der Waals surface area contributed by atoms with Gasteiger partial charge in [-0.15, -0.1) is 11.3 Å². The zero-order valence-corrected chi connectivity index (χ0v) is 8.03. The van der Waals surface area contributed by atoms with Gasteiger partial charge in [0.2, 0.25) is 0 Å². The van der Waals surface area contributed by atoms with E-state index in [1.54, 1.807) is 11.3 Å². The minimum Gasteiger partial charge on any atom is -0.309 e. The van der Waals surface area contributed by atoms with Crippen molar-refractivity contribution in [1.82, 2.24) is 10.3 Å². The molecule has 1 unspecified atom stereocenters. The largest absolute Gasteiger partial charge is 0.309 e. The van der Waals surface area contributed by atoms with Gasteiger partial charge in [0.05, 0.1) is 5.54 Å². The molecular weight excluding hydrogens is 156 g/mol. The Balaban J connectivity index is 2.87. The van der Waals surface area contributed by atoms with Crippen molar-refractivity contribution in [1.29, 1.82) is 0 Å². The zero-order valence-electron chi connectivity index (χ0n) is 7.22. The summed E-state index contributed by atoms with van der Waals surface area (Å²) >= 11 is 1.71. The van der Waals surface area contributed by atoms with Crippen LogP contribution in [0.25, 0.3) is 0 Å². The lowest BCUT2D eigenvalue weighted by Crippen LogP contribution is -2.35. The van der Waals surface area contributed by atoms with Crippen LogP contribution in [-0.4, -0.2) is 12.0 Å². The van der Waals surface area contributed by atoms with E-state index in [-0.39, 0.29) is 5.54 Å². The Morgan fingerprint density at radius 2 is 2.45 bits per heavy atom. The number of hydrogen-bond acceptors (Lipinski definition) is 3. The van der Waals surface area contributed by atoms with Crippen molar-refractivity contribution < 1.29 is 0 Å². The molecule has 0 bridgehead atoms. The van der Waals surface area contributed by atoms with Crippen LogP contribution < -0.4 is 5.32 Å². The fraction of sp³-hybridized carbons (Fsp3) is 0.625. The first-order valence-corrected chi connectivity index (χ1v) is 4.70. The number of rotatable bonds is 3. The van der Waals surface area contributed by atoms with E-state index < -0.39 is 0 Å². The van der Waals surface area contributed by atoms with Crippen molar-refractivity contribution in [2.75, 3.05) is 7.05 Å². The second kappa shape index (κ2) is 3.32. The molecule has 3 heteroatoms. The number of hydrogen-bond donors (Lipinski definition) is 1. The number of aromatic nitrogens is 1. The molecule has 1 aromatic heterocycles. The molecule has 1 N–H and O–H groups in total. The molecule has 0 saturated carbocycles. The topological polar surface area (TPSA) is 24.9 Å². The van der Waals surface area contributed by atoms with E-state index in [9.17, 15) is 0 Å². The van der Waals surface area contributed by atoms with Gasteiger partial charge < -0.3 is 5.32 Å². The molecule has 0 aliphatic rings. The highest BCUT2D eigenvalue weighted by Crippen LogP contribution is 2.25. The summed E-state index contributed by atoms with van der Waals surface area (Å²) < 4.78 is 0. The van der Waals surface area contributed by atoms with Gasteiger partial charge in [0.1, 0.15) is 5.01 Å². The molecule has 1 atom stereocenters. The summed E-state index contributed by atoms with van der Waals surface area (Å²) in [4.78, 5) is 4.29. The van der Waals surface area contributed by atoms with E-state index in [4.69, 9.17) is 0 Å². The second-order valence-corrected chi connectivity index (χ2v) is 3.67. The zero-order chi connectivity index (χ0) is 8.32. The van der Waals surface area contributed by atoms with Gasteiger partial charge in [-0.1, -0.05) is 6.92 Å². The fourth-order valence-electron chi connectivity index (χ4n) is 0.931. The van der Waals surface area contributed by atoms with Gasteiger partial charge >= 0.3 is 0 Å². The molecule has 0 spiro atoms. The van der Waals surface area contributed by atoms with Gasteiger partial charge in [0.15, 0.2) is 0 Å². The molecule has 11 heavy (non-hydrogen) atoms. The molecule has 1 rings (SSSR count). The van der Waals surface area contributed by atoms with Crippen molar-refractivity contribution in [2.45, 2.75) is 25.8 Å². The minimum atomic E-state index is 0.0637. The molecule has 0 amide bonds. The van der Waals surface area contributed by atoms with Crippen LogP contribution >= 0.6 is 11.3 Å². The molecule has 1 heterocycles. The summed E-state index contributed by atoms with van der Waals surface area (Å²) in [5.41, 5.74) is 0.0637. The summed E-state index contributed by atoms with van der Waals surface area (Å²) in [5, 5.41) is 6.46. The van der Waals surface area contributed by atoms with Crippen LogP contribution in [0.4, 0.5) is 0 Å². The Bertz CT molecular complexity index is 202. The molecule has 2 nitrogen and oxygen atoms in total. The summed E-state index contributed by atoms with van der Waals surface area (Å²) in [6, 6.07) is 0. The Labute approximate surface area is 71.7 Å². The highest BCUT2D eigenvalue weighted by molar-refractivity contribution is 7.09. The van der Waals surface area contributed by atoms with E-state index >= 15 is 0 Å². The van der Waals surface area contributed by atoms with Crippen LogP contribution in [0.1, 0.15) is 25.3 Å². The van der Waals surface area contributed by atoms with Crippen LogP contribution in [0.15, 0.2) is 11.6 Å². The average Bonchev–Trinajstić information content (AvgIpc) is 2.55. The predicted molar refractivity (Wildman–Crippen MR) is 48.8 cm³/mol. The molecule has 0 radical (unpaired) electrons. The van der Waals surface area contributed by atoms with E-state index in [0.29, 0.717) is 0 Å². The lowest BCUT2D eigenvalue weighted by atomic mass is 10.0. The van der Waals surface area contributed by atoms with Gasteiger partial charge in [-0.25, -0.2) is 4.98 Å². The smallest absolute Gasteiger partial charge is 0.112 e. The summed E-state index contributed by atoms with van der Waals surface area (Å²) in [6.45, 7) is 4.34. The van der Waals surface area contributed by atoms with Crippen LogP contribution in [0.5, 0.6) is 0 Å². The van der Waals surface area contributed by atoms with Crippen molar-refractivity contribution in [2.24, 2.45) is 0 Å². The van der Waals surface area contributed by atoms with Crippen LogP contribution in [-0.2, 0) is 5.54 Å². The third-order valence-electron chi connectivity index (χ3n) is 2.16. The Morgan fingerprint density at radius 1 is 1.73 bits per heavy atom. The highest BCUT2D eigenvalue weighted by Gasteiger charge is 2.24. The third kappa shape index (κ3) is 1.60. The molecule has 0 saturated heterocycles. The Hall–Kier alpha value is -0.410. The van der Waals surface area contributed by atoms with Gasteiger partial charge in [-0.3, -0.25) is 0 Å². The summed E-state index contributed by atoms with van der Waals surface area (Å²) in [7, 11) is 1.98. The second-order valence-electron chi connectivity index (χ2n) is 2.77. The Kier molecular flexibility index (Phi) is 2.62. The van der Waals surface area contributed by atoms with Crippen molar-refractivity contribution in [3.63, 3.8) is 0 Å². The number of nitrogens with zero attached hydrogens (tertiary/aromatic N) is 1. The third-order valence-corrected chi connectivity index (χ3v) is 3.20. The lowest BCUT2D eigenvalue weighted by Gasteiger charge is -2.24. The van der Waals surface area contributed by atoms with Crippen LogP contribution in [0.2, 0.25) is 0 Å². The molecule has 0 aliphatic carbocycles. The van der Waals surface area contributed by atoms with Gasteiger partial charge in [0.25, 0.3) is 0 Å². The van der Waals surface area contributed by atoms with Crippen molar-refractivity contribution in [3.05, 3.63) is 16.6 Å². The minimum absolute atomic E-state index is 0.0637. The van der Waals surface area contributed by atoms with E-state index in [2.05, 4.69) is 24.1 Å². The predicted octanol–water partition coefficient (Wildman–Crippen LogP) is 1.99. The summed E-state index contributed by atoms with van der Waals surface area (Å²) in [6.07, 6.45) is 2.92. The van der Waals surface area contributed by atoms with E-state index in [1.807, 2.05) is 18.6 Å². The van der Waals surface area contributed by atoms with Crippen molar-refractivity contribution in [3.8, 4) is 0 Å². The molecule has 0 fully saturated rings. The maximum Gasteiger partial charge on any atom is 0.112 e. The standard InChI is InChI=1S/C8H14N2S/c1-4-8(2,9-3)7-10-5-6-11-7/h5-6,9H,4H2,1-3H3. The quantitative estimate of drug-likeness (QED) is 0.750.